The molecule has 0 saturated carbocycles. The number of amides is 2. The number of nitrogens with zero attached hydrogens (tertiary/aromatic N) is 2. The Labute approximate surface area is 168 Å². The largest absolute Gasteiger partial charge is 0.344 e. The number of benzene rings is 1. The molecule has 0 bridgehead atoms. The second-order valence-corrected chi connectivity index (χ2v) is 8.73. The molecule has 27 heavy (non-hydrogen) atoms. The highest BCUT2D eigenvalue weighted by Crippen LogP contribution is 2.27. The number of carbonyl (C=O) groups excluding carboxylic acids is 2. The van der Waals surface area contributed by atoms with Crippen molar-refractivity contribution in [2.45, 2.75) is 40.7 Å². The molecule has 6 nitrogen and oxygen atoms in total. The normalized spacial score (nSPS) is 12.7. The number of hydrogen-bond acceptors (Lipinski definition) is 5. The molecule has 1 aromatic heterocycles. The Morgan fingerprint density at radius 3 is 2.56 bits per heavy atom. The minimum absolute atomic E-state index is 0.0933. The Balaban J connectivity index is 2.11. The van der Waals surface area contributed by atoms with Gasteiger partial charge in [0.25, 0.3) is 0 Å². The summed E-state index contributed by atoms with van der Waals surface area (Å²) in [4.78, 5) is 25.1. The van der Waals surface area contributed by atoms with Gasteiger partial charge in [0.15, 0.2) is 0 Å². The van der Waals surface area contributed by atoms with Crippen molar-refractivity contribution in [1.82, 2.24) is 15.5 Å². The zero-order valence-electron chi connectivity index (χ0n) is 16.2. The predicted octanol–water partition coefficient (Wildman–Crippen LogP) is 3.86. The average Bonchev–Trinajstić information content (AvgIpc) is 3.07. The van der Waals surface area contributed by atoms with E-state index < -0.39 is 11.5 Å². The third-order valence-corrected chi connectivity index (χ3v) is 5.66. The number of alkyl halides is 1. The summed E-state index contributed by atoms with van der Waals surface area (Å²) in [5.74, 6) is -0.509. The summed E-state index contributed by atoms with van der Waals surface area (Å²) in [7, 11) is 0. The monoisotopic (exact) mass is 408 g/mol. The van der Waals surface area contributed by atoms with Gasteiger partial charge >= 0.3 is 0 Å². The van der Waals surface area contributed by atoms with E-state index in [4.69, 9.17) is 11.6 Å². The molecule has 2 rings (SSSR count). The summed E-state index contributed by atoms with van der Waals surface area (Å²) >= 11 is 7.15. The third kappa shape index (κ3) is 5.49. The van der Waals surface area contributed by atoms with Gasteiger partial charge in [-0.3, -0.25) is 14.9 Å². The second-order valence-electron chi connectivity index (χ2n) is 7.48. The van der Waals surface area contributed by atoms with Gasteiger partial charge in [0.05, 0.1) is 5.41 Å². The third-order valence-electron chi connectivity index (χ3n) is 4.10. The van der Waals surface area contributed by atoms with E-state index in [2.05, 4.69) is 20.8 Å². The first-order chi connectivity index (χ1) is 12.6. The first kappa shape index (κ1) is 21.3. The SMILES string of the molecule is Cc1cccc(-c2nnc(NC(=O)[C@H](NC(=O)C(C)(C)CCl)C(C)C)s2)c1. The second kappa shape index (κ2) is 8.80. The van der Waals surface area contributed by atoms with Gasteiger partial charge < -0.3 is 5.32 Å². The Kier molecular flexibility index (Phi) is 6.95. The summed E-state index contributed by atoms with van der Waals surface area (Å²) in [5.41, 5.74) is 1.32. The van der Waals surface area contributed by atoms with Crippen LogP contribution in [0.1, 0.15) is 33.3 Å². The number of carbonyl (C=O) groups is 2. The lowest BCUT2D eigenvalue weighted by Crippen LogP contribution is -2.51. The van der Waals surface area contributed by atoms with Crippen LogP contribution in [-0.2, 0) is 9.59 Å². The van der Waals surface area contributed by atoms with Crippen molar-refractivity contribution in [3.8, 4) is 10.6 Å². The molecule has 0 fully saturated rings. The molecular weight excluding hydrogens is 384 g/mol. The maximum absolute atomic E-state index is 12.7. The van der Waals surface area contributed by atoms with Gasteiger partial charge in [-0.25, -0.2) is 0 Å². The molecule has 1 aromatic carbocycles. The molecule has 0 radical (unpaired) electrons. The molecular formula is C19H25ClN4O2S. The van der Waals surface area contributed by atoms with Crippen molar-refractivity contribution < 1.29 is 9.59 Å². The van der Waals surface area contributed by atoms with Crippen LogP contribution in [0.15, 0.2) is 24.3 Å². The number of halogens is 1. The van der Waals surface area contributed by atoms with Crippen LogP contribution in [0, 0.1) is 18.3 Å². The average molecular weight is 409 g/mol. The molecule has 2 aromatic rings. The molecule has 0 aliphatic carbocycles. The van der Waals surface area contributed by atoms with Crippen LogP contribution in [0.2, 0.25) is 0 Å². The molecule has 0 aliphatic rings. The lowest BCUT2D eigenvalue weighted by Gasteiger charge is -2.26. The number of hydrogen-bond donors (Lipinski definition) is 2. The topological polar surface area (TPSA) is 84.0 Å². The number of anilines is 1. The zero-order valence-corrected chi connectivity index (χ0v) is 17.7. The lowest BCUT2D eigenvalue weighted by molar-refractivity contribution is -0.132. The Morgan fingerprint density at radius 2 is 1.96 bits per heavy atom. The molecule has 0 aliphatic heterocycles. The van der Waals surface area contributed by atoms with Gasteiger partial charge in [0, 0.05) is 11.4 Å². The molecule has 0 unspecified atom stereocenters. The quantitative estimate of drug-likeness (QED) is 0.681. The summed E-state index contributed by atoms with van der Waals surface area (Å²) < 4.78 is 0. The van der Waals surface area contributed by atoms with Gasteiger partial charge in [-0.2, -0.15) is 0 Å². The molecule has 1 atom stereocenters. The van der Waals surface area contributed by atoms with Gasteiger partial charge in [-0.15, -0.1) is 21.8 Å². The van der Waals surface area contributed by atoms with E-state index in [0.717, 1.165) is 16.1 Å². The molecule has 2 amide bonds. The van der Waals surface area contributed by atoms with Crippen molar-refractivity contribution in [3.05, 3.63) is 29.8 Å². The van der Waals surface area contributed by atoms with Crippen molar-refractivity contribution in [2.75, 3.05) is 11.2 Å². The van der Waals surface area contributed by atoms with Crippen molar-refractivity contribution in [2.24, 2.45) is 11.3 Å². The summed E-state index contributed by atoms with van der Waals surface area (Å²) in [6, 6.07) is 7.23. The van der Waals surface area contributed by atoms with E-state index in [1.807, 2.05) is 45.0 Å². The molecule has 2 N–H and O–H groups in total. The van der Waals surface area contributed by atoms with E-state index >= 15 is 0 Å². The van der Waals surface area contributed by atoms with E-state index in [0.29, 0.717) is 5.13 Å². The zero-order chi connectivity index (χ0) is 20.2. The fourth-order valence-corrected chi connectivity index (χ4v) is 3.15. The maximum atomic E-state index is 12.7. The number of aromatic nitrogens is 2. The van der Waals surface area contributed by atoms with E-state index in [1.54, 1.807) is 13.8 Å². The van der Waals surface area contributed by atoms with Crippen LogP contribution >= 0.6 is 22.9 Å². The smallest absolute Gasteiger partial charge is 0.249 e. The van der Waals surface area contributed by atoms with Gasteiger partial charge in [0.2, 0.25) is 16.9 Å². The van der Waals surface area contributed by atoms with Crippen LogP contribution in [0.4, 0.5) is 5.13 Å². The molecule has 1 heterocycles. The fraction of sp³-hybridized carbons (Fsp3) is 0.474. The Bertz CT molecular complexity index is 820. The highest BCUT2D eigenvalue weighted by atomic mass is 35.5. The summed E-state index contributed by atoms with van der Waals surface area (Å²) in [5, 5.41) is 14.9. The van der Waals surface area contributed by atoms with Crippen LogP contribution < -0.4 is 10.6 Å². The minimum Gasteiger partial charge on any atom is -0.344 e. The van der Waals surface area contributed by atoms with Crippen molar-refractivity contribution >= 4 is 39.9 Å². The number of rotatable bonds is 7. The Morgan fingerprint density at radius 1 is 1.26 bits per heavy atom. The maximum Gasteiger partial charge on any atom is 0.249 e. The molecule has 8 heteroatoms. The van der Waals surface area contributed by atoms with Crippen LogP contribution in [0.5, 0.6) is 0 Å². The minimum atomic E-state index is -0.754. The number of aryl methyl sites for hydroxylation is 1. The Hall–Kier alpha value is -1.99. The lowest BCUT2D eigenvalue weighted by atomic mass is 9.93. The van der Waals surface area contributed by atoms with Crippen molar-refractivity contribution in [3.63, 3.8) is 0 Å². The standard InChI is InChI=1S/C19H25ClN4O2S/c1-11(2)14(21-17(26)19(4,5)10-20)15(25)22-18-24-23-16(27-18)13-8-6-7-12(3)9-13/h6-9,11,14H,10H2,1-5H3,(H,21,26)(H,22,24,25)/t14-/m1/s1. The first-order valence-electron chi connectivity index (χ1n) is 8.72. The van der Waals surface area contributed by atoms with Gasteiger partial charge in [-0.1, -0.05) is 48.9 Å². The fourth-order valence-electron chi connectivity index (χ4n) is 2.28. The molecule has 146 valence electrons. The van der Waals surface area contributed by atoms with E-state index in [-0.39, 0.29) is 23.6 Å². The predicted molar refractivity (Wildman–Crippen MR) is 110 cm³/mol. The highest BCUT2D eigenvalue weighted by molar-refractivity contribution is 7.18. The van der Waals surface area contributed by atoms with E-state index in [9.17, 15) is 9.59 Å². The summed E-state index contributed by atoms with van der Waals surface area (Å²) in [6.07, 6.45) is 0. The molecule has 0 spiro atoms. The molecule has 0 saturated heterocycles. The summed E-state index contributed by atoms with van der Waals surface area (Å²) in [6.45, 7) is 9.23. The van der Waals surface area contributed by atoms with Gasteiger partial charge in [-0.05, 0) is 32.8 Å². The number of nitrogens with one attached hydrogen (secondary N) is 2. The van der Waals surface area contributed by atoms with Gasteiger partial charge in [0.1, 0.15) is 11.0 Å². The van der Waals surface area contributed by atoms with Crippen LogP contribution in [-0.4, -0.2) is 33.9 Å². The van der Waals surface area contributed by atoms with E-state index in [1.165, 1.54) is 11.3 Å². The van der Waals surface area contributed by atoms with Crippen molar-refractivity contribution in [1.29, 1.82) is 0 Å². The first-order valence-corrected chi connectivity index (χ1v) is 10.1. The van der Waals surface area contributed by atoms with Crippen LogP contribution in [0.3, 0.4) is 0 Å². The highest BCUT2D eigenvalue weighted by Gasteiger charge is 2.32. The van der Waals surface area contributed by atoms with Crippen LogP contribution in [0.25, 0.3) is 10.6 Å².